The average molecular weight is 241 g/mol. The lowest BCUT2D eigenvalue weighted by atomic mass is 10.1. The van der Waals surface area contributed by atoms with Crippen LogP contribution in [-0.2, 0) is 5.92 Å². The Morgan fingerprint density at radius 3 is 2.00 bits per heavy atom. The Hall–Kier alpha value is -1.73. The molecule has 0 saturated heterocycles. The molecule has 0 aromatic heterocycles. The highest BCUT2D eigenvalue weighted by Crippen LogP contribution is 2.46. The molecule has 0 atom stereocenters. The number of alkyl halides is 5. The quantitative estimate of drug-likeness (QED) is 0.453. The van der Waals surface area contributed by atoms with Gasteiger partial charge in [0.15, 0.2) is 0 Å². The van der Waals surface area contributed by atoms with Crippen LogP contribution in [0.4, 0.5) is 27.6 Å². The molecule has 8 heteroatoms. The molecule has 3 nitrogen and oxygen atoms in total. The van der Waals surface area contributed by atoms with E-state index in [-0.39, 0.29) is 0 Å². The van der Waals surface area contributed by atoms with Crippen molar-refractivity contribution in [1.82, 2.24) is 0 Å². The van der Waals surface area contributed by atoms with Crippen molar-refractivity contribution in [3.63, 3.8) is 0 Å². The molecule has 0 aliphatic heterocycles. The molecule has 16 heavy (non-hydrogen) atoms. The van der Waals surface area contributed by atoms with Crippen LogP contribution in [0.3, 0.4) is 0 Å². The van der Waals surface area contributed by atoms with Crippen LogP contribution >= 0.6 is 0 Å². The first-order chi connectivity index (χ1) is 7.18. The summed E-state index contributed by atoms with van der Waals surface area (Å²) in [5.41, 5.74) is -2.92. The fraction of sp³-hybridized carbons (Fsp3) is 0.250. The number of para-hydroxylation sites is 1. The highest BCUT2D eigenvalue weighted by atomic mass is 19.4. The van der Waals surface area contributed by atoms with Crippen molar-refractivity contribution in [1.29, 1.82) is 0 Å². The Bertz CT molecular complexity index is 415. The molecular weight excluding hydrogens is 237 g/mol. The zero-order valence-electron chi connectivity index (χ0n) is 7.46. The third-order valence-corrected chi connectivity index (χ3v) is 1.80. The van der Waals surface area contributed by atoms with E-state index in [4.69, 9.17) is 0 Å². The number of nitrogens with zero attached hydrogens (tertiary/aromatic N) is 1. The van der Waals surface area contributed by atoms with E-state index in [0.29, 0.717) is 12.1 Å². The molecule has 1 rings (SSSR count). The van der Waals surface area contributed by atoms with Crippen LogP contribution in [0, 0.1) is 10.1 Å². The van der Waals surface area contributed by atoms with E-state index >= 15 is 0 Å². The maximum absolute atomic E-state index is 12.9. The fourth-order valence-electron chi connectivity index (χ4n) is 1.05. The van der Waals surface area contributed by atoms with E-state index in [1.165, 1.54) is 0 Å². The van der Waals surface area contributed by atoms with Gasteiger partial charge in [-0.15, -0.1) is 0 Å². The van der Waals surface area contributed by atoms with Gasteiger partial charge in [0.05, 0.1) is 4.92 Å². The summed E-state index contributed by atoms with van der Waals surface area (Å²) in [6.07, 6.45) is -5.86. The van der Waals surface area contributed by atoms with Crippen LogP contribution in [0.25, 0.3) is 0 Å². The largest absolute Gasteiger partial charge is 0.458 e. The standard InChI is InChI=1S/C8H4F5NO2/c9-7(10,8(11,12)13)5-3-1-2-4-6(5)14(15)16/h1-4H. The first-order valence-corrected chi connectivity index (χ1v) is 3.86. The highest BCUT2D eigenvalue weighted by Gasteiger charge is 2.61. The first kappa shape index (κ1) is 12.3. The summed E-state index contributed by atoms with van der Waals surface area (Å²) < 4.78 is 61.7. The molecule has 1 aromatic carbocycles. The molecule has 0 saturated carbocycles. The number of halogens is 5. The Labute approximate surface area is 85.6 Å². The summed E-state index contributed by atoms with van der Waals surface area (Å²) in [5, 5.41) is 10.3. The third kappa shape index (κ3) is 1.95. The van der Waals surface area contributed by atoms with Crippen LogP contribution in [-0.4, -0.2) is 11.1 Å². The molecular formula is C8H4F5NO2. The SMILES string of the molecule is O=[N+]([O-])c1ccccc1C(F)(F)C(F)(F)F. The van der Waals surface area contributed by atoms with Gasteiger partial charge in [0.2, 0.25) is 0 Å². The first-order valence-electron chi connectivity index (χ1n) is 3.86. The number of nitro groups is 1. The molecule has 0 N–H and O–H groups in total. The Morgan fingerprint density at radius 2 is 1.56 bits per heavy atom. The zero-order chi connectivity index (χ0) is 12.6. The molecule has 0 radical (unpaired) electrons. The third-order valence-electron chi connectivity index (χ3n) is 1.80. The van der Waals surface area contributed by atoms with Gasteiger partial charge in [-0.1, -0.05) is 12.1 Å². The minimum absolute atomic E-state index is 0.381. The Balaban J connectivity index is 3.39. The smallest absolute Gasteiger partial charge is 0.258 e. The Morgan fingerprint density at radius 1 is 1.06 bits per heavy atom. The molecule has 0 fully saturated rings. The minimum Gasteiger partial charge on any atom is -0.258 e. The lowest BCUT2D eigenvalue weighted by Crippen LogP contribution is -2.34. The number of hydrogen-bond donors (Lipinski definition) is 0. The lowest BCUT2D eigenvalue weighted by Gasteiger charge is -2.19. The minimum atomic E-state index is -5.86. The molecule has 0 amide bonds. The zero-order valence-corrected chi connectivity index (χ0v) is 7.46. The van der Waals surface area contributed by atoms with E-state index in [9.17, 15) is 32.1 Å². The second kappa shape index (κ2) is 3.69. The van der Waals surface area contributed by atoms with Gasteiger partial charge in [-0.2, -0.15) is 22.0 Å². The predicted octanol–water partition coefficient (Wildman–Crippen LogP) is 3.25. The topological polar surface area (TPSA) is 43.1 Å². The molecule has 1 aromatic rings. The monoisotopic (exact) mass is 241 g/mol. The van der Waals surface area contributed by atoms with E-state index in [0.717, 1.165) is 12.1 Å². The molecule has 0 aliphatic rings. The van der Waals surface area contributed by atoms with Crippen LogP contribution in [0.1, 0.15) is 5.56 Å². The summed E-state index contributed by atoms with van der Waals surface area (Å²) >= 11 is 0. The molecule has 0 aliphatic carbocycles. The molecule has 0 heterocycles. The average Bonchev–Trinajstić information content (AvgIpc) is 2.16. The van der Waals surface area contributed by atoms with Gasteiger partial charge >= 0.3 is 12.1 Å². The van der Waals surface area contributed by atoms with Crippen molar-refractivity contribution in [3.05, 3.63) is 39.9 Å². The van der Waals surface area contributed by atoms with Gasteiger partial charge in [-0.25, -0.2) is 0 Å². The molecule has 88 valence electrons. The fourth-order valence-corrected chi connectivity index (χ4v) is 1.05. The number of rotatable bonds is 2. The van der Waals surface area contributed by atoms with Crippen molar-refractivity contribution in [3.8, 4) is 0 Å². The molecule has 0 bridgehead atoms. The maximum atomic E-state index is 12.9. The predicted molar refractivity (Wildman–Crippen MR) is 43.0 cm³/mol. The number of nitro benzene ring substituents is 1. The second-order valence-electron chi connectivity index (χ2n) is 2.85. The van der Waals surface area contributed by atoms with Gasteiger partial charge in [0.25, 0.3) is 5.69 Å². The van der Waals surface area contributed by atoms with Crippen LogP contribution in [0.5, 0.6) is 0 Å². The van der Waals surface area contributed by atoms with E-state index < -0.39 is 28.3 Å². The van der Waals surface area contributed by atoms with Gasteiger partial charge in [-0.05, 0) is 6.07 Å². The maximum Gasteiger partial charge on any atom is 0.458 e. The summed E-state index contributed by atoms with van der Waals surface area (Å²) in [6, 6.07) is 2.86. The normalized spacial score (nSPS) is 12.6. The van der Waals surface area contributed by atoms with Crippen molar-refractivity contribution in [2.45, 2.75) is 12.1 Å². The van der Waals surface area contributed by atoms with Crippen LogP contribution in [0.2, 0.25) is 0 Å². The van der Waals surface area contributed by atoms with Crippen molar-refractivity contribution >= 4 is 5.69 Å². The van der Waals surface area contributed by atoms with Crippen LogP contribution < -0.4 is 0 Å². The highest BCUT2D eigenvalue weighted by molar-refractivity contribution is 5.43. The van der Waals surface area contributed by atoms with E-state index in [2.05, 4.69) is 0 Å². The van der Waals surface area contributed by atoms with Crippen molar-refractivity contribution in [2.75, 3.05) is 0 Å². The van der Waals surface area contributed by atoms with E-state index in [1.807, 2.05) is 0 Å². The van der Waals surface area contributed by atoms with Gasteiger partial charge in [-0.3, -0.25) is 10.1 Å². The lowest BCUT2D eigenvalue weighted by molar-refractivity contribution is -0.389. The summed E-state index contributed by atoms with van der Waals surface area (Å²) in [5.74, 6) is -5.24. The van der Waals surface area contributed by atoms with Crippen LogP contribution in [0.15, 0.2) is 24.3 Å². The second-order valence-corrected chi connectivity index (χ2v) is 2.85. The summed E-state index contributed by atoms with van der Waals surface area (Å²) in [4.78, 5) is 9.02. The van der Waals surface area contributed by atoms with Gasteiger partial charge < -0.3 is 0 Å². The number of hydrogen-bond acceptors (Lipinski definition) is 2. The van der Waals surface area contributed by atoms with Gasteiger partial charge in [0, 0.05) is 6.07 Å². The van der Waals surface area contributed by atoms with Crippen molar-refractivity contribution in [2.24, 2.45) is 0 Å². The van der Waals surface area contributed by atoms with Gasteiger partial charge in [0.1, 0.15) is 5.56 Å². The Kier molecular flexibility index (Phi) is 2.85. The summed E-state index contributed by atoms with van der Waals surface area (Å²) in [7, 11) is 0. The number of benzene rings is 1. The summed E-state index contributed by atoms with van der Waals surface area (Å²) in [6.45, 7) is 0. The van der Waals surface area contributed by atoms with Crippen molar-refractivity contribution < 1.29 is 26.9 Å². The molecule has 0 unspecified atom stereocenters. The van der Waals surface area contributed by atoms with E-state index in [1.54, 1.807) is 0 Å². The molecule has 0 spiro atoms.